The Balaban J connectivity index is 1.42. The third kappa shape index (κ3) is 6.87. The highest BCUT2D eigenvalue weighted by atomic mass is 32.2. The first-order valence-electron chi connectivity index (χ1n) is 10.6. The number of carboxylic acid groups (broad SMARTS) is 1. The number of nitrogens with zero attached hydrogens (tertiary/aromatic N) is 1. The topological polar surface area (TPSA) is 96.4 Å². The number of pyridine rings is 1. The van der Waals surface area contributed by atoms with Crippen molar-refractivity contribution in [3.63, 3.8) is 0 Å². The van der Waals surface area contributed by atoms with Gasteiger partial charge in [0.25, 0.3) is 0 Å². The van der Waals surface area contributed by atoms with E-state index in [0.29, 0.717) is 25.7 Å². The normalized spacial score (nSPS) is 12.6. The van der Waals surface area contributed by atoms with Crippen LogP contribution in [0.3, 0.4) is 0 Å². The predicted molar refractivity (Wildman–Crippen MR) is 121 cm³/mol. The van der Waals surface area contributed by atoms with Gasteiger partial charge >= 0.3 is 5.97 Å². The quantitative estimate of drug-likeness (QED) is 0.407. The Hall–Kier alpha value is -2.77. The highest BCUT2D eigenvalue weighted by Gasteiger charge is 2.17. The number of rotatable bonds is 12. The third-order valence-electron chi connectivity index (χ3n) is 5.39. The van der Waals surface area contributed by atoms with Gasteiger partial charge in [-0.15, -0.1) is 0 Å². The number of carboxylic acids is 1. The van der Waals surface area contributed by atoms with Gasteiger partial charge in [0.15, 0.2) is 0 Å². The highest BCUT2D eigenvalue weighted by molar-refractivity contribution is 7.89. The predicted octanol–water partition coefficient (Wildman–Crippen LogP) is 4.41. The van der Waals surface area contributed by atoms with Gasteiger partial charge in [-0.3, -0.25) is 9.78 Å². The fraction of sp³-hybridized carbons (Fsp3) is 0.333. The fourth-order valence-corrected chi connectivity index (χ4v) is 4.74. The Morgan fingerprint density at radius 3 is 2.48 bits per heavy atom. The summed E-state index contributed by atoms with van der Waals surface area (Å²) in [6.45, 7) is 0.289. The first kappa shape index (κ1) is 22.9. The van der Waals surface area contributed by atoms with Crippen molar-refractivity contribution in [2.24, 2.45) is 5.92 Å². The van der Waals surface area contributed by atoms with Gasteiger partial charge in [-0.05, 0) is 66.6 Å². The molecule has 0 aliphatic heterocycles. The van der Waals surface area contributed by atoms with E-state index in [4.69, 9.17) is 0 Å². The van der Waals surface area contributed by atoms with Crippen LogP contribution in [-0.4, -0.2) is 31.0 Å². The summed E-state index contributed by atoms with van der Waals surface area (Å²) in [4.78, 5) is 15.8. The first-order chi connectivity index (χ1) is 15.0. The second-order valence-electron chi connectivity index (χ2n) is 7.69. The minimum Gasteiger partial charge on any atom is -0.481 e. The van der Waals surface area contributed by atoms with Crippen molar-refractivity contribution in [2.45, 2.75) is 43.4 Å². The molecular weight excluding hydrogens is 412 g/mol. The Labute approximate surface area is 183 Å². The Morgan fingerprint density at radius 2 is 1.74 bits per heavy atom. The summed E-state index contributed by atoms with van der Waals surface area (Å²) >= 11 is 0. The minimum atomic E-state index is -3.59. The standard InChI is InChI=1S/C24H28N2O4S/c27-24(28)21(12-5-7-19-8-6-15-25-18-19)10-3-4-16-26-31(29,30)23-14-13-20-9-1-2-11-22(20)17-23/h1-2,6,8-9,11,13-15,17-18,21,26H,3-5,7,10,12,16H2,(H,27,28). The van der Waals surface area contributed by atoms with Crippen molar-refractivity contribution in [1.82, 2.24) is 9.71 Å². The number of nitrogens with one attached hydrogen (secondary N) is 1. The minimum absolute atomic E-state index is 0.241. The molecular formula is C24H28N2O4S. The molecule has 1 heterocycles. The molecule has 0 aliphatic rings. The summed E-state index contributed by atoms with van der Waals surface area (Å²) in [6, 6.07) is 16.6. The highest BCUT2D eigenvalue weighted by Crippen LogP contribution is 2.20. The molecule has 2 aromatic carbocycles. The van der Waals surface area contributed by atoms with Crippen LogP contribution in [0, 0.1) is 5.92 Å². The lowest BCUT2D eigenvalue weighted by Gasteiger charge is -2.12. The average molecular weight is 441 g/mol. The van der Waals surface area contributed by atoms with Gasteiger partial charge in [-0.1, -0.05) is 42.8 Å². The summed E-state index contributed by atoms with van der Waals surface area (Å²) in [5.74, 6) is -1.20. The molecule has 0 bridgehead atoms. The molecule has 2 N–H and O–H groups in total. The molecule has 0 spiro atoms. The molecule has 1 unspecified atom stereocenters. The molecule has 0 aliphatic carbocycles. The molecule has 7 heteroatoms. The average Bonchev–Trinajstić information content (AvgIpc) is 2.77. The third-order valence-corrected chi connectivity index (χ3v) is 6.85. The van der Waals surface area contributed by atoms with E-state index in [1.54, 1.807) is 30.6 Å². The van der Waals surface area contributed by atoms with E-state index in [-0.39, 0.29) is 11.4 Å². The molecule has 3 aromatic rings. The smallest absolute Gasteiger partial charge is 0.306 e. The summed E-state index contributed by atoms with van der Waals surface area (Å²) in [6.07, 6.45) is 7.52. The summed E-state index contributed by atoms with van der Waals surface area (Å²) in [7, 11) is -3.59. The van der Waals surface area contributed by atoms with Gasteiger partial charge in [0.2, 0.25) is 10.0 Å². The number of carbonyl (C=O) groups is 1. The number of hydrogen-bond acceptors (Lipinski definition) is 4. The molecule has 0 fully saturated rings. The second kappa shape index (κ2) is 11.0. The van der Waals surface area contributed by atoms with E-state index >= 15 is 0 Å². The molecule has 164 valence electrons. The summed E-state index contributed by atoms with van der Waals surface area (Å²) in [5.41, 5.74) is 1.11. The van der Waals surface area contributed by atoms with E-state index < -0.39 is 21.9 Å². The molecule has 0 amide bonds. The van der Waals surface area contributed by atoms with E-state index in [1.807, 2.05) is 36.4 Å². The lowest BCUT2D eigenvalue weighted by molar-refractivity contribution is -0.142. The summed E-state index contributed by atoms with van der Waals surface area (Å²) < 4.78 is 27.7. The second-order valence-corrected chi connectivity index (χ2v) is 9.46. The molecule has 0 saturated heterocycles. The Morgan fingerprint density at radius 1 is 0.968 bits per heavy atom. The molecule has 0 saturated carbocycles. The zero-order valence-electron chi connectivity index (χ0n) is 17.4. The van der Waals surface area contributed by atoms with Crippen LogP contribution >= 0.6 is 0 Å². The van der Waals surface area contributed by atoms with Crippen LogP contribution in [0.2, 0.25) is 0 Å². The Kier molecular flexibility index (Phi) is 8.14. The van der Waals surface area contributed by atoms with Gasteiger partial charge in [-0.25, -0.2) is 13.1 Å². The molecule has 0 radical (unpaired) electrons. The van der Waals surface area contributed by atoms with Gasteiger partial charge in [0, 0.05) is 18.9 Å². The van der Waals surface area contributed by atoms with Crippen LogP contribution < -0.4 is 4.72 Å². The van der Waals surface area contributed by atoms with Crippen molar-refractivity contribution in [3.8, 4) is 0 Å². The number of sulfonamides is 1. The maximum Gasteiger partial charge on any atom is 0.306 e. The number of aliphatic carboxylic acids is 1. The van der Waals surface area contributed by atoms with Crippen LogP contribution in [0.25, 0.3) is 10.8 Å². The summed E-state index contributed by atoms with van der Waals surface area (Å²) in [5, 5.41) is 11.3. The van der Waals surface area contributed by atoms with Gasteiger partial charge in [-0.2, -0.15) is 0 Å². The van der Waals surface area contributed by atoms with Gasteiger partial charge < -0.3 is 5.11 Å². The number of aromatic nitrogens is 1. The van der Waals surface area contributed by atoms with Gasteiger partial charge in [0.1, 0.15) is 0 Å². The molecule has 31 heavy (non-hydrogen) atoms. The van der Waals surface area contributed by atoms with Gasteiger partial charge in [0.05, 0.1) is 10.8 Å². The lowest BCUT2D eigenvalue weighted by atomic mass is 9.95. The number of hydrogen-bond donors (Lipinski definition) is 2. The molecule has 3 rings (SSSR count). The van der Waals surface area contributed by atoms with Crippen molar-refractivity contribution in [1.29, 1.82) is 0 Å². The van der Waals surface area contributed by atoms with Crippen LogP contribution in [0.1, 0.15) is 37.7 Å². The van der Waals surface area contributed by atoms with Crippen LogP contribution in [0.15, 0.2) is 71.9 Å². The lowest BCUT2D eigenvalue weighted by Crippen LogP contribution is -2.25. The monoisotopic (exact) mass is 440 g/mol. The van der Waals surface area contributed by atoms with E-state index in [1.165, 1.54) is 0 Å². The van der Waals surface area contributed by atoms with E-state index in [0.717, 1.165) is 29.2 Å². The number of aryl methyl sites for hydroxylation is 1. The number of benzene rings is 2. The van der Waals surface area contributed by atoms with E-state index in [9.17, 15) is 18.3 Å². The SMILES string of the molecule is O=C(O)C(CCCCNS(=O)(=O)c1ccc2ccccc2c1)CCCc1cccnc1. The maximum absolute atomic E-state index is 12.5. The van der Waals surface area contributed by atoms with Crippen LogP contribution in [-0.2, 0) is 21.2 Å². The van der Waals surface area contributed by atoms with Crippen molar-refractivity contribution in [3.05, 3.63) is 72.6 Å². The zero-order chi connectivity index (χ0) is 22.1. The van der Waals surface area contributed by atoms with Crippen molar-refractivity contribution in [2.75, 3.05) is 6.54 Å². The zero-order valence-corrected chi connectivity index (χ0v) is 18.2. The van der Waals surface area contributed by atoms with Crippen molar-refractivity contribution < 1.29 is 18.3 Å². The molecule has 1 atom stereocenters. The van der Waals surface area contributed by atoms with E-state index in [2.05, 4.69) is 9.71 Å². The van der Waals surface area contributed by atoms with Crippen molar-refractivity contribution >= 4 is 26.8 Å². The maximum atomic E-state index is 12.5. The Bertz CT molecular complexity index is 1100. The fourth-order valence-electron chi connectivity index (χ4n) is 3.63. The number of unbranched alkanes of at least 4 members (excludes halogenated alkanes) is 1. The van der Waals surface area contributed by atoms with Crippen LogP contribution in [0.5, 0.6) is 0 Å². The first-order valence-corrected chi connectivity index (χ1v) is 12.0. The molecule has 6 nitrogen and oxygen atoms in total. The molecule has 1 aromatic heterocycles. The van der Waals surface area contributed by atoms with Crippen LogP contribution in [0.4, 0.5) is 0 Å². The number of fused-ring (bicyclic) bond motifs is 1. The largest absolute Gasteiger partial charge is 0.481 e.